The molecular weight excluding hydrogens is 273 g/mol. The average molecular weight is 288 g/mol. The fraction of sp³-hybridized carbons (Fsp3) is 0.462. The van der Waals surface area contributed by atoms with Gasteiger partial charge < -0.3 is 10.4 Å². The molecule has 0 spiro atoms. The van der Waals surface area contributed by atoms with Crippen LogP contribution in [0.25, 0.3) is 0 Å². The molecule has 1 fully saturated rings. The number of rotatable bonds is 3. The minimum atomic E-state index is -0.272. The lowest BCUT2D eigenvalue weighted by Gasteiger charge is -2.14. The second-order valence-corrected chi connectivity index (χ2v) is 5.55. The normalized spacial score (nSPS) is 23.0. The molecule has 1 aromatic carbocycles. The number of hydrogen-bond acceptors (Lipinski definition) is 2. The number of aromatic hydroxyl groups is 1. The molecule has 5 heteroatoms. The Morgan fingerprint density at radius 2 is 2.22 bits per heavy atom. The predicted molar refractivity (Wildman–Crippen MR) is 72.4 cm³/mol. The summed E-state index contributed by atoms with van der Waals surface area (Å²) < 4.78 is 0. The fourth-order valence-corrected chi connectivity index (χ4v) is 2.80. The third-order valence-electron chi connectivity index (χ3n) is 3.29. The third kappa shape index (κ3) is 3.09. The summed E-state index contributed by atoms with van der Waals surface area (Å²) in [4.78, 5) is 11.9. The van der Waals surface area contributed by atoms with Gasteiger partial charge in [0.1, 0.15) is 5.75 Å². The van der Waals surface area contributed by atoms with Crippen LogP contribution in [0.15, 0.2) is 18.2 Å². The monoisotopic (exact) mass is 287 g/mol. The summed E-state index contributed by atoms with van der Waals surface area (Å²) in [6, 6.07) is 4.32. The summed E-state index contributed by atoms with van der Waals surface area (Å²) in [6.07, 6.45) is 3.17. The molecule has 3 nitrogen and oxygen atoms in total. The number of carbonyl (C=O) groups is 1. The highest BCUT2D eigenvalue weighted by Gasteiger charge is 2.25. The Kier molecular flexibility index (Phi) is 4.36. The smallest absolute Gasteiger partial charge is 0.252 e. The molecule has 2 N–H and O–H groups in total. The molecule has 2 atom stereocenters. The number of phenolic OH excluding ortho intramolecular Hbond substituents is 1. The first kappa shape index (κ1) is 13.5. The minimum absolute atomic E-state index is 0.0284. The first-order chi connectivity index (χ1) is 8.58. The van der Waals surface area contributed by atoms with Crippen LogP contribution in [0, 0.1) is 5.92 Å². The maximum absolute atomic E-state index is 11.9. The van der Waals surface area contributed by atoms with Gasteiger partial charge >= 0.3 is 0 Å². The predicted octanol–water partition coefficient (Wildman–Crippen LogP) is 3.18. The molecule has 1 amide bonds. The Morgan fingerprint density at radius 3 is 2.89 bits per heavy atom. The van der Waals surface area contributed by atoms with Gasteiger partial charge in [0, 0.05) is 11.9 Å². The molecule has 0 bridgehead atoms. The highest BCUT2D eigenvalue weighted by molar-refractivity contribution is 6.33. The Labute approximate surface area is 116 Å². The molecule has 0 radical (unpaired) electrons. The van der Waals surface area contributed by atoms with Gasteiger partial charge in [0.15, 0.2) is 0 Å². The number of halogens is 2. The largest absolute Gasteiger partial charge is 0.508 e. The summed E-state index contributed by atoms with van der Waals surface area (Å²) in [5, 5.41) is 12.6. The summed E-state index contributed by atoms with van der Waals surface area (Å²) in [5.41, 5.74) is 0.292. The Bertz CT molecular complexity index is 451. The van der Waals surface area contributed by atoms with Crippen LogP contribution in [0.1, 0.15) is 29.6 Å². The van der Waals surface area contributed by atoms with Crippen molar-refractivity contribution in [3.8, 4) is 5.75 Å². The molecule has 0 heterocycles. The van der Waals surface area contributed by atoms with Crippen molar-refractivity contribution in [2.75, 3.05) is 6.54 Å². The first-order valence-electron chi connectivity index (χ1n) is 5.98. The Hall–Kier alpha value is -0.930. The van der Waals surface area contributed by atoms with Crippen LogP contribution in [-0.4, -0.2) is 22.9 Å². The van der Waals surface area contributed by atoms with Gasteiger partial charge in [-0.05, 0) is 37.0 Å². The molecule has 0 saturated heterocycles. The number of phenols is 1. The molecule has 0 aliphatic heterocycles. The Morgan fingerprint density at radius 1 is 1.44 bits per heavy atom. The number of amides is 1. The number of benzene rings is 1. The van der Waals surface area contributed by atoms with E-state index in [1.54, 1.807) is 0 Å². The number of carbonyl (C=O) groups excluding carboxylic acids is 1. The lowest BCUT2D eigenvalue weighted by atomic mass is 10.1. The lowest BCUT2D eigenvalue weighted by Crippen LogP contribution is -2.31. The molecule has 1 saturated carbocycles. The van der Waals surface area contributed by atoms with Gasteiger partial charge in [-0.2, -0.15) is 0 Å². The van der Waals surface area contributed by atoms with Gasteiger partial charge in [0.05, 0.1) is 10.6 Å². The van der Waals surface area contributed by atoms with E-state index in [0.717, 1.165) is 19.3 Å². The van der Waals surface area contributed by atoms with Crippen LogP contribution >= 0.6 is 23.2 Å². The van der Waals surface area contributed by atoms with E-state index in [-0.39, 0.29) is 17.0 Å². The zero-order valence-corrected chi connectivity index (χ0v) is 11.3. The maximum Gasteiger partial charge on any atom is 0.252 e. The molecule has 1 aliphatic rings. The van der Waals surface area contributed by atoms with Gasteiger partial charge in [-0.15, -0.1) is 11.6 Å². The van der Waals surface area contributed by atoms with Gasteiger partial charge in [0.25, 0.3) is 5.91 Å². The molecular formula is C13H15Cl2NO2. The van der Waals surface area contributed by atoms with Crippen LogP contribution in [-0.2, 0) is 0 Å². The van der Waals surface area contributed by atoms with Crippen molar-refractivity contribution in [1.29, 1.82) is 0 Å². The van der Waals surface area contributed by atoms with Crippen LogP contribution in [0.2, 0.25) is 5.02 Å². The minimum Gasteiger partial charge on any atom is -0.508 e. The van der Waals surface area contributed by atoms with Crippen LogP contribution in [0.5, 0.6) is 5.75 Å². The second kappa shape index (κ2) is 5.81. The topological polar surface area (TPSA) is 49.3 Å². The van der Waals surface area contributed by atoms with Gasteiger partial charge in [-0.3, -0.25) is 4.79 Å². The van der Waals surface area contributed by atoms with Gasteiger partial charge in [0.2, 0.25) is 0 Å². The zero-order chi connectivity index (χ0) is 13.1. The van der Waals surface area contributed by atoms with E-state index >= 15 is 0 Å². The standard InChI is InChI=1S/C13H15Cl2NO2/c14-11-3-1-2-8(11)7-16-13(18)10-6-9(17)4-5-12(10)15/h4-6,8,11,17H,1-3,7H2,(H,16,18). The highest BCUT2D eigenvalue weighted by atomic mass is 35.5. The van der Waals surface area contributed by atoms with Crippen LogP contribution in [0.3, 0.4) is 0 Å². The second-order valence-electron chi connectivity index (χ2n) is 4.58. The SMILES string of the molecule is O=C(NCC1CCCC1Cl)c1cc(O)ccc1Cl. The highest BCUT2D eigenvalue weighted by Crippen LogP contribution is 2.29. The van der Waals surface area contributed by atoms with Crippen molar-refractivity contribution in [3.63, 3.8) is 0 Å². The van der Waals surface area contributed by atoms with Gasteiger partial charge in [-0.25, -0.2) is 0 Å². The van der Waals surface area contributed by atoms with E-state index < -0.39 is 0 Å². The molecule has 2 unspecified atom stereocenters. The maximum atomic E-state index is 11.9. The van der Waals surface area contributed by atoms with Crippen molar-refractivity contribution in [2.24, 2.45) is 5.92 Å². The van der Waals surface area contributed by atoms with Crippen molar-refractivity contribution < 1.29 is 9.90 Å². The van der Waals surface area contributed by atoms with E-state index in [0.29, 0.717) is 23.0 Å². The van der Waals surface area contributed by atoms with Crippen LogP contribution < -0.4 is 5.32 Å². The molecule has 0 aromatic heterocycles. The van der Waals surface area contributed by atoms with E-state index in [1.165, 1.54) is 18.2 Å². The fourth-order valence-electron chi connectivity index (χ4n) is 2.23. The van der Waals surface area contributed by atoms with Crippen molar-refractivity contribution in [1.82, 2.24) is 5.32 Å². The number of alkyl halides is 1. The van der Waals surface area contributed by atoms with E-state index in [2.05, 4.69) is 5.32 Å². The third-order valence-corrected chi connectivity index (χ3v) is 4.19. The van der Waals surface area contributed by atoms with Crippen molar-refractivity contribution >= 4 is 29.1 Å². The van der Waals surface area contributed by atoms with Crippen LogP contribution in [0.4, 0.5) is 0 Å². The molecule has 1 aromatic rings. The molecule has 98 valence electrons. The average Bonchev–Trinajstić information content (AvgIpc) is 2.75. The van der Waals surface area contributed by atoms with Crippen molar-refractivity contribution in [2.45, 2.75) is 24.6 Å². The lowest BCUT2D eigenvalue weighted by molar-refractivity contribution is 0.0947. The quantitative estimate of drug-likeness (QED) is 0.839. The molecule has 1 aliphatic carbocycles. The first-order valence-corrected chi connectivity index (χ1v) is 6.80. The summed E-state index contributed by atoms with van der Waals surface area (Å²) in [5.74, 6) is 0.0824. The summed E-state index contributed by atoms with van der Waals surface area (Å²) >= 11 is 12.1. The summed E-state index contributed by atoms with van der Waals surface area (Å²) in [7, 11) is 0. The van der Waals surface area contributed by atoms with Gasteiger partial charge in [-0.1, -0.05) is 18.0 Å². The number of nitrogens with one attached hydrogen (secondary N) is 1. The summed E-state index contributed by atoms with van der Waals surface area (Å²) in [6.45, 7) is 0.555. The number of hydrogen-bond donors (Lipinski definition) is 2. The molecule has 18 heavy (non-hydrogen) atoms. The van der Waals surface area contributed by atoms with E-state index in [4.69, 9.17) is 23.2 Å². The van der Waals surface area contributed by atoms with Crippen molar-refractivity contribution in [3.05, 3.63) is 28.8 Å². The van der Waals surface area contributed by atoms with E-state index in [1.807, 2.05) is 0 Å². The van der Waals surface area contributed by atoms with E-state index in [9.17, 15) is 9.90 Å². The Balaban J connectivity index is 1.97. The zero-order valence-electron chi connectivity index (χ0n) is 9.83. The molecule has 2 rings (SSSR count).